The normalized spacial score (nSPS) is 10.3. The van der Waals surface area contributed by atoms with Crippen LogP contribution in [0.4, 0.5) is 0 Å². The van der Waals surface area contributed by atoms with Crippen molar-refractivity contribution < 1.29 is 0 Å². The molecule has 0 atom stereocenters. The van der Waals surface area contributed by atoms with Crippen LogP contribution in [0.1, 0.15) is 44.9 Å². The molecule has 0 amide bonds. The molecule has 0 bridgehead atoms. The lowest BCUT2D eigenvalue weighted by Crippen LogP contribution is -1.87. The van der Waals surface area contributed by atoms with E-state index in [-0.39, 0.29) is 0 Å². The van der Waals surface area contributed by atoms with Gasteiger partial charge in [-0.3, -0.25) is 5.10 Å². The largest absolute Gasteiger partial charge is 0.281 e. The van der Waals surface area contributed by atoms with Crippen molar-refractivity contribution in [1.29, 1.82) is 0 Å². The van der Waals surface area contributed by atoms with Crippen LogP contribution in [0.15, 0.2) is 18.2 Å². The SMILES string of the molecule is CC.Cc1ccc2n[nH]c(C(C)C)c2c1. The summed E-state index contributed by atoms with van der Waals surface area (Å²) in [4.78, 5) is 0. The third-order valence-corrected chi connectivity index (χ3v) is 2.32. The van der Waals surface area contributed by atoms with Crippen molar-refractivity contribution in [3.63, 3.8) is 0 Å². The molecule has 15 heavy (non-hydrogen) atoms. The van der Waals surface area contributed by atoms with E-state index in [9.17, 15) is 0 Å². The molecule has 2 nitrogen and oxygen atoms in total. The zero-order chi connectivity index (χ0) is 11.4. The number of nitrogens with zero attached hydrogens (tertiary/aromatic N) is 1. The molecule has 1 heterocycles. The topological polar surface area (TPSA) is 28.7 Å². The summed E-state index contributed by atoms with van der Waals surface area (Å²) in [7, 11) is 0. The van der Waals surface area contributed by atoms with Gasteiger partial charge in [0.05, 0.1) is 5.52 Å². The lowest BCUT2D eigenvalue weighted by Gasteiger charge is -2.01. The van der Waals surface area contributed by atoms with Gasteiger partial charge >= 0.3 is 0 Å². The van der Waals surface area contributed by atoms with E-state index < -0.39 is 0 Å². The Labute approximate surface area is 91.7 Å². The van der Waals surface area contributed by atoms with E-state index in [4.69, 9.17) is 0 Å². The zero-order valence-corrected chi connectivity index (χ0v) is 10.3. The van der Waals surface area contributed by atoms with Crippen molar-refractivity contribution in [3.05, 3.63) is 29.5 Å². The average molecular weight is 204 g/mol. The first-order valence-electron chi connectivity index (χ1n) is 5.63. The van der Waals surface area contributed by atoms with Crippen LogP contribution in [-0.4, -0.2) is 10.2 Å². The third kappa shape index (κ3) is 2.38. The van der Waals surface area contributed by atoms with Crippen molar-refractivity contribution in [1.82, 2.24) is 10.2 Å². The van der Waals surface area contributed by atoms with E-state index in [2.05, 4.69) is 49.2 Å². The molecule has 2 rings (SSSR count). The van der Waals surface area contributed by atoms with Gasteiger partial charge in [-0.25, -0.2) is 0 Å². The van der Waals surface area contributed by atoms with Gasteiger partial charge in [0.25, 0.3) is 0 Å². The second-order valence-corrected chi connectivity index (χ2v) is 3.81. The first kappa shape index (κ1) is 11.8. The van der Waals surface area contributed by atoms with E-state index in [0.717, 1.165) is 5.52 Å². The Bertz CT molecular complexity index is 427. The minimum Gasteiger partial charge on any atom is -0.281 e. The second-order valence-electron chi connectivity index (χ2n) is 3.81. The number of H-pyrrole nitrogens is 1. The third-order valence-electron chi connectivity index (χ3n) is 2.32. The molecule has 0 aliphatic carbocycles. The van der Waals surface area contributed by atoms with Crippen molar-refractivity contribution in [3.8, 4) is 0 Å². The Kier molecular flexibility index (Phi) is 3.89. The molecule has 0 unspecified atom stereocenters. The smallest absolute Gasteiger partial charge is 0.0924 e. The van der Waals surface area contributed by atoms with Crippen LogP contribution >= 0.6 is 0 Å². The van der Waals surface area contributed by atoms with Gasteiger partial charge in [-0.2, -0.15) is 5.10 Å². The van der Waals surface area contributed by atoms with Crippen LogP contribution in [0.25, 0.3) is 10.9 Å². The van der Waals surface area contributed by atoms with E-state index in [1.54, 1.807) is 0 Å². The molecule has 0 saturated heterocycles. The molecule has 0 radical (unpaired) electrons. The van der Waals surface area contributed by atoms with Gasteiger partial charge in [0.1, 0.15) is 0 Å². The van der Waals surface area contributed by atoms with E-state index in [1.165, 1.54) is 16.6 Å². The lowest BCUT2D eigenvalue weighted by molar-refractivity contribution is 0.818. The molecule has 0 fully saturated rings. The quantitative estimate of drug-likeness (QED) is 0.746. The van der Waals surface area contributed by atoms with Gasteiger partial charge in [0.2, 0.25) is 0 Å². The predicted octanol–water partition coefficient (Wildman–Crippen LogP) is 4.02. The van der Waals surface area contributed by atoms with E-state index in [1.807, 2.05) is 13.8 Å². The maximum Gasteiger partial charge on any atom is 0.0924 e. The fourth-order valence-corrected chi connectivity index (χ4v) is 1.58. The predicted molar refractivity (Wildman–Crippen MR) is 66.3 cm³/mol. The molecule has 0 spiro atoms. The summed E-state index contributed by atoms with van der Waals surface area (Å²) in [5, 5.41) is 8.61. The minimum absolute atomic E-state index is 0.506. The molecule has 1 aromatic heterocycles. The van der Waals surface area contributed by atoms with Crippen LogP contribution in [0, 0.1) is 6.92 Å². The standard InChI is InChI=1S/C11H14N2.C2H6/c1-7(2)11-9-6-8(3)4-5-10(9)12-13-11;1-2/h4-7H,1-3H3,(H,12,13);1-2H3. The molecular weight excluding hydrogens is 184 g/mol. The first-order valence-corrected chi connectivity index (χ1v) is 5.63. The van der Waals surface area contributed by atoms with E-state index >= 15 is 0 Å². The highest BCUT2D eigenvalue weighted by molar-refractivity contribution is 5.82. The summed E-state index contributed by atoms with van der Waals surface area (Å²) in [6, 6.07) is 6.34. The number of hydrogen-bond acceptors (Lipinski definition) is 1. The summed E-state index contributed by atoms with van der Waals surface area (Å²) in [6.07, 6.45) is 0. The summed E-state index contributed by atoms with van der Waals surface area (Å²) in [5.41, 5.74) is 3.59. The molecule has 2 aromatic rings. The Balaban J connectivity index is 0.000000531. The number of benzene rings is 1. The summed E-state index contributed by atoms with van der Waals surface area (Å²) in [6.45, 7) is 10.5. The highest BCUT2D eigenvalue weighted by Gasteiger charge is 2.07. The van der Waals surface area contributed by atoms with Crippen LogP contribution in [-0.2, 0) is 0 Å². The minimum atomic E-state index is 0.506. The molecule has 0 aliphatic heterocycles. The summed E-state index contributed by atoms with van der Waals surface area (Å²) >= 11 is 0. The first-order chi connectivity index (χ1) is 7.18. The number of aromatic nitrogens is 2. The Hall–Kier alpha value is -1.31. The van der Waals surface area contributed by atoms with Crippen LogP contribution in [0.3, 0.4) is 0 Å². The van der Waals surface area contributed by atoms with Gasteiger partial charge in [-0.15, -0.1) is 0 Å². The van der Waals surface area contributed by atoms with Gasteiger partial charge in [-0.05, 0) is 25.0 Å². The average Bonchev–Trinajstić information content (AvgIpc) is 2.63. The number of hydrogen-bond donors (Lipinski definition) is 1. The number of fused-ring (bicyclic) bond motifs is 1. The van der Waals surface area contributed by atoms with Crippen molar-refractivity contribution in [2.75, 3.05) is 0 Å². The molecule has 0 aliphatic rings. The Morgan fingerprint density at radius 3 is 2.47 bits per heavy atom. The molecule has 0 saturated carbocycles. The zero-order valence-electron chi connectivity index (χ0n) is 10.3. The molecule has 2 heteroatoms. The lowest BCUT2D eigenvalue weighted by atomic mass is 10.0. The summed E-state index contributed by atoms with van der Waals surface area (Å²) in [5.74, 6) is 0.506. The molecule has 1 aromatic carbocycles. The van der Waals surface area contributed by atoms with Crippen LogP contribution in [0.5, 0.6) is 0 Å². The van der Waals surface area contributed by atoms with Crippen LogP contribution in [0.2, 0.25) is 0 Å². The Morgan fingerprint density at radius 2 is 1.87 bits per heavy atom. The van der Waals surface area contributed by atoms with Gasteiger partial charge in [-0.1, -0.05) is 39.3 Å². The number of aromatic amines is 1. The summed E-state index contributed by atoms with van der Waals surface area (Å²) < 4.78 is 0. The van der Waals surface area contributed by atoms with Crippen LogP contribution < -0.4 is 0 Å². The molecule has 1 N–H and O–H groups in total. The maximum atomic E-state index is 4.26. The second kappa shape index (κ2) is 4.96. The number of rotatable bonds is 1. The number of aryl methyl sites for hydroxylation is 1. The Morgan fingerprint density at radius 1 is 1.20 bits per heavy atom. The fraction of sp³-hybridized carbons (Fsp3) is 0.462. The monoisotopic (exact) mass is 204 g/mol. The van der Waals surface area contributed by atoms with E-state index in [0.29, 0.717) is 5.92 Å². The highest BCUT2D eigenvalue weighted by atomic mass is 15.1. The van der Waals surface area contributed by atoms with Gasteiger partial charge in [0.15, 0.2) is 0 Å². The molecular formula is C13H20N2. The highest BCUT2D eigenvalue weighted by Crippen LogP contribution is 2.23. The molecule has 82 valence electrons. The van der Waals surface area contributed by atoms with Crippen molar-refractivity contribution in [2.45, 2.75) is 40.5 Å². The fourth-order valence-electron chi connectivity index (χ4n) is 1.58. The van der Waals surface area contributed by atoms with Gasteiger partial charge < -0.3 is 0 Å². The van der Waals surface area contributed by atoms with Crippen molar-refractivity contribution in [2.24, 2.45) is 0 Å². The van der Waals surface area contributed by atoms with Gasteiger partial charge in [0, 0.05) is 11.1 Å². The van der Waals surface area contributed by atoms with Crippen molar-refractivity contribution >= 4 is 10.9 Å². The number of nitrogens with one attached hydrogen (secondary N) is 1. The maximum absolute atomic E-state index is 4.26.